The molecule has 0 radical (unpaired) electrons. The SMILES string of the molecule is CN(Cc1ccccc1)S(=O)(=O)N1CCOC(c2ccccc2)C1. The molecule has 0 aromatic heterocycles. The van der Waals surface area contributed by atoms with Crippen LogP contribution in [0.3, 0.4) is 0 Å². The molecule has 0 amide bonds. The second kappa shape index (κ2) is 7.44. The number of benzene rings is 2. The van der Waals surface area contributed by atoms with E-state index in [9.17, 15) is 8.42 Å². The average molecular weight is 346 g/mol. The quantitative estimate of drug-likeness (QED) is 0.835. The molecule has 0 spiro atoms. The van der Waals surface area contributed by atoms with E-state index in [1.165, 1.54) is 8.61 Å². The number of ether oxygens (including phenoxy) is 1. The van der Waals surface area contributed by atoms with Crippen molar-refractivity contribution in [2.24, 2.45) is 0 Å². The largest absolute Gasteiger partial charge is 0.371 e. The molecule has 1 aliphatic heterocycles. The molecule has 1 fully saturated rings. The van der Waals surface area contributed by atoms with Crippen molar-refractivity contribution in [3.8, 4) is 0 Å². The Labute approximate surface area is 143 Å². The van der Waals surface area contributed by atoms with Gasteiger partial charge in [-0.25, -0.2) is 0 Å². The first-order valence-electron chi connectivity index (χ1n) is 7.99. The van der Waals surface area contributed by atoms with Crippen LogP contribution in [0.4, 0.5) is 0 Å². The molecule has 1 unspecified atom stereocenters. The van der Waals surface area contributed by atoms with E-state index >= 15 is 0 Å². The van der Waals surface area contributed by atoms with Gasteiger partial charge in [0.25, 0.3) is 10.2 Å². The van der Waals surface area contributed by atoms with Crippen molar-refractivity contribution in [3.63, 3.8) is 0 Å². The van der Waals surface area contributed by atoms with Crippen molar-refractivity contribution in [1.29, 1.82) is 0 Å². The lowest BCUT2D eigenvalue weighted by Crippen LogP contribution is -2.47. The molecule has 0 bridgehead atoms. The second-order valence-electron chi connectivity index (χ2n) is 5.88. The molecule has 0 saturated carbocycles. The standard InChI is InChI=1S/C18H22N2O3S/c1-19(14-16-8-4-2-5-9-16)24(21,22)20-12-13-23-18(15-20)17-10-6-3-7-11-17/h2-11,18H,12-15H2,1H3. The van der Waals surface area contributed by atoms with Crippen LogP contribution in [0.25, 0.3) is 0 Å². The smallest absolute Gasteiger partial charge is 0.282 e. The average Bonchev–Trinajstić information content (AvgIpc) is 2.63. The zero-order valence-corrected chi connectivity index (χ0v) is 14.5. The lowest BCUT2D eigenvalue weighted by molar-refractivity contribution is -0.00414. The first-order valence-corrected chi connectivity index (χ1v) is 9.39. The van der Waals surface area contributed by atoms with Gasteiger partial charge >= 0.3 is 0 Å². The minimum Gasteiger partial charge on any atom is -0.371 e. The van der Waals surface area contributed by atoms with Gasteiger partial charge in [-0.05, 0) is 11.1 Å². The van der Waals surface area contributed by atoms with Gasteiger partial charge in [0.15, 0.2) is 0 Å². The van der Waals surface area contributed by atoms with Crippen molar-refractivity contribution in [3.05, 3.63) is 71.8 Å². The molecule has 0 aliphatic carbocycles. The Morgan fingerprint density at radius 3 is 2.38 bits per heavy atom. The number of nitrogens with zero attached hydrogens (tertiary/aromatic N) is 2. The normalized spacial score (nSPS) is 19.5. The molecule has 6 heteroatoms. The van der Waals surface area contributed by atoms with Gasteiger partial charge in [0.1, 0.15) is 0 Å². The first kappa shape index (κ1) is 17.1. The summed E-state index contributed by atoms with van der Waals surface area (Å²) in [4.78, 5) is 0. The lowest BCUT2D eigenvalue weighted by Gasteiger charge is -2.34. The predicted molar refractivity (Wildman–Crippen MR) is 93.5 cm³/mol. The highest BCUT2D eigenvalue weighted by Gasteiger charge is 2.32. The van der Waals surface area contributed by atoms with Gasteiger partial charge < -0.3 is 4.74 Å². The number of morpholine rings is 1. The molecule has 24 heavy (non-hydrogen) atoms. The predicted octanol–water partition coefficient (Wildman–Crippen LogP) is 2.44. The minimum atomic E-state index is -3.51. The third-order valence-electron chi connectivity index (χ3n) is 4.17. The molecule has 128 valence electrons. The van der Waals surface area contributed by atoms with Crippen molar-refractivity contribution >= 4 is 10.2 Å². The third kappa shape index (κ3) is 3.84. The second-order valence-corrected chi connectivity index (χ2v) is 7.91. The van der Waals surface area contributed by atoms with E-state index in [0.717, 1.165) is 11.1 Å². The summed E-state index contributed by atoms with van der Waals surface area (Å²) in [7, 11) is -1.89. The Morgan fingerprint density at radius 2 is 1.71 bits per heavy atom. The van der Waals surface area contributed by atoms with E-state index in [0.29, 0.717) is 26.2 Å². The van der Waals surface area contributed by atoms with Crippen LogP contribution in [0.1, 0.15) is 17.2 Å². The molecule has 5 nitrogen and oxygen atoms in total. The number of rotatable bonds is 5. The molecular formula is C18H22N2O3S. The Balaban J connectivity index is 1.72. The van der Waals surface area contributed by atoms with Gasteiger partial charge in [0.05, 0.1) is 12.7 Å². The van der Waals surface area contributed by atoms with Crippen LogP contribution in [0, 0.1) is 0 Å². The van der Waals surface area contributed by atoms with Crippen LogP contribution in [-0.2, 0) is 21.5 Å². The highest BCUT2D eigenvalue weighted by Crippen LogP contribution is 2.24. The molecule has 1 atom stereocenters. The lowest BCUT2D eigenvalue weighted by atomic mass is 10.1. The van der Waals surface area contributed by atoms with Gasteiger partial charge in [-0.15, -0.1) is 0 Å². The molecule has 0 N–H and O–H groups in total. The zero-order valence-electron chi connectivity index (χ0n) is 13.7. The summed E-state index contributed by atoms with van der Waals surface area (Å²) >= 11 is 0. The van der Waals surface area contributed by atoms with Crippen LogP contribution >= 0.6 is 0 Å². The highest BCUT2D eigenvalue weighted by molar-refractivity contribution is 7.86. The summed E-state index contributed by atoms with van der Waals surface area (Å²) in [6.45, 7) is 1.48. The molecule has 2 aromatic carbocycles. The molecule has 1 saturated heterocycles. The van der Waals surface area contributed by atoms with Crippen molar-refractivity contribution in [2.75, 3.05) is 26.7 Å². The zero-order chi connectivity index (χ0) is 17.0. The van der Waals surface area contributed by atoms with Crippen LogP contribution in [0.2, 0.25) is 0 Å². The third-order valence-corrected chi connectivity index (χ3v) is 6.07. The highest BCUT2D eigenvalue weighted by atomic mass is 32.2. The van der Waals surface area contributed by atoms with Crippen LogP contribution in [0.15, 0.2) is 60.7 Å². The van der Waals surface area contributed by atoms with Crippen LogP contribution < -0.4 is 0 Å². The van der Waals surface area contributed by atoms with Crippen LogP contribution in [-0.4, -0.2) is 43.8 Å². The van der Waals surface area contributed by atoms with E-state index < -0.39 is 10.2 Å². The summed E-state index contributed by atoms with van der Waals surface area (Å²) in [5.74, 6) is 0. The fourth-order valence-electron chi connectivity index (χ4n) is 2.82. The summed E-state index contributed by atoms with van der Waals surface area (Å²) < 4.78 is 34.4. The van der Waals surface area contributed by atoms with Crippen molar-refractivity contribution < 1.29 is 13.2 Å². The van der Waals surface area contributed by atoms with E-state index in [2.05, 4.69) is 0 Å². The molecule has 2 aromatic rings. The monoisotopic (exact) mass is 346 g/mol. The molecule has 1 heterocycles. The van der Waals surface area contributed by atoms with Gasteiger partial charge in [-0.1, -0.05) is 60.7 Å². The van der Waals surface area contributed by atoms with E-state index in [-0.39, 0.29) is 6.10 Å². The molecular weight excluding hydrogens is 324 g/mol. The van der Waals surface area contributed by atoms with Gasteiger partial charge in [0.2, 0.25) is 0 Å². The van der Waals surface area contributed by atoms with E-state index in [4.69, 9.17) is 4.74 Å². The Morgan fingerprint density at radius 1 is 1.08 bits per heavy atom. The summed E-state index contributed by atoms with van der Waals surface area (Å²) in [5, 5.41) is 0. The molecule has 1 aliphatic rings. The Kier molecular flexibility index (Phi) is 5.30. The Hall–Kier alpha value is -1.73. The van der Waals surface area contributed by atoms with Gasteiger partial charge in [-0.2, -0.15) is 17.0 Å². The maximum Gasteiger partial charge on any atom is 0.282 e. The summed E-state index contributed by atoms with van der Waals surface area (Å²) in [6, 6.07) is 19.4. The Bertz CT molecular complexity index is 750. The topological polar surface area (TPSA) is 49.9 Å². The van der Waals surface area contributed by atoms with Crippen LogP contribution in [0.5, 0.6) is 0 Å². The molecule has 3 rings (SSSR count). The van der Waals surface area contributed by atoms with Gasteiger partial charge in [-0.3, -0.25) is 0 Å². The maximum absolute atomic E-state index is 12.9. The first-order chi connectivity index (χ1) is 11.6. The summed E-state index contributed by atoms with van der Waals surface area (Å²) in [5.41, 5.74) is 1.97. The number of hydrogen-bond acceptors (Lipinski definition) is 3. The maximum atomic E-state index is 12.9. The fraction of sp³-hybridized carbons (Fsp3) is 0.333. The minimum absolute atomic E-state index is 0.222. The van der Waals surface area contributed by atoms with Crippen molar-refractivity contribution in [1.82, 2.24) is 8.61 Å². The van der Waals surface area contributed by atoms with Gasteiger partial charge in [0, 0.05) is 26.7 Å². The van der Waals surface area contributed by atoms with E-state index in [1.54, 1.807) is 7.05 Å². The summed E-state index contributed by atoms with van der Waals surface area (Å²) in [6.07, 6.45) is -0.222. The van der Waals surface area contributed by atoms with Crippen molar-refractivity contribution in [2.45, 2.75) is 12.6 Å². The van der Waals surface area contributed by atoms with E-state index in [1.807, 2.05) is 60.7 Å². The number of hydrogen-bond donors (Lipinski definition) is 0. The fourth-order valence-corrected chi connectivity index (χ4v) is 4.16.